The number of hydrogen-bond donors (Lipinski definition) is 0. The first-order valence-electron chi connectivity index (χ1n) is 9.34. The van der Waals surface area contributed by atoms with E-state index in [0.717, 1.165) is 22.3 Å². The highest BCUT2D eigenvalue weighted by molar-refractivity contribution is 6.30. The summed E-state index contributed by atoms with van der Waals surface area (Å²) in [7, 11) is 1.39. The second-order valence-corrected chi connectivity index (χ2v) is 7.56. The number of aryl methyl sites for hydroxylation is 2. The number of carbonyl (C=O) groups excluding carboxylic acids is 2. The number of amides is 1. The number of hydrogen-bond acceptors (Lipinski definition) is 4. The Morgan fingerprint density at radius 2 is 1.64 bits per heavy atom. The van der Waals surface area contributed by atoms with Crippen molar-refractivity contribution in [2.24, 2.45) is 0 Å². The van der Waals surface area contributed by atoms with Crippen molar-refractivity contribution in [3.05, 3.63) is 69.7 Å². The van der Waals surface area contributed by atoms with Crippen molar-refractivity contribution in [3.63, 3.8) is 0 Å². The third kappa shape index (κ3) is 4.37. The van der Waals surface area contributed by atoms with Gasteiger partial charge in [0.2, 0.25) is 0 Å². The number of carbonyl (C=O) groups is 2. The zero-order valence-corrected chi connectivity index (χ0v) is 17.2. The topological polar surface area (TPSA) is 49.9 Å². The largest absolute Gasteiger partial charge is 0.468 e. The summed E-state index contributed by atoms with van der Waals surface area (Å²) in [6, 6.07) is 12.6. The Kier molecular flexibility index (Phi) is 6.37. The summed E-state index contributed by atoms with van der Waals surface area (Å²) in [5.41, 5.74) is 3.70. The standard InChI is InChI=1S/C22H25ClN2O3/c1-15-4-9-19(16(2)14-15)21(26)25-12-10-24(11-13-25)20(22(27)28-3)17-5-7-18(23)8-6-17/h4-9,14,20H,10-13H2,1-3H3. The second-order valence-electron chi connectivity index (χ2n) is 7.12. The number of rotatable bonds is 4. The maximum atomic E-state index is 12.9. The lowest BCUT2D eigenvalue weighted by Gasteiger charge is -2.38. The van der Waals surface area contributed by atoms with E-state index in [-0.39, 0.29) is 11.9 Å². The molecular formula is C22H25ClN2O3. The minimum atomic E-state index is -0.499. The molecule has 5 nitrogen and oxygen atoms in total. The molecule has 6 heteroatoms. The number of benzene rings is 2. The van der Waals surface area contributed by atoms with Crippen molar-refractivity contribution in [3.8, 4) is 0 Å². The van der Waals surface area contributed by atoms with E-state index < -0.39 is 6.04 Å². The molecule has 1 aliphatic rings. The minimum absolute atomic E-state index is 0.0401. The van der Waals surface area contributed by atoms with Crippen LogP contribution in [-0.2, 0) is 9.53 Å². The number of ether oxygens (including phenoxy) is 1. The first-order valence-corrected chi connectivity index (χ1v) is 9.72. The summed E-state index contributed by atoms with van der Waals surface area (Å²) in [4.78, 5) is 29.2. The van der Waals surface area contributed by atoms with E-state index in [1.54, 1.807) is 12.1 Å². The van der Waals surface area contributed by atoms with Crippen molar-refractivity contribution in [1.29, 1.82) is 0 Å². The predicted octanol–water partition coefficient (Wildman–Crippen LogP) is 3.63. The van der Waals surface area contributed by atoms with E-state index in [4.69, 9.17) is 16.3 Å². The van der Waals surface area contributed by atoms with E-state index in [9.17, 15) is 9.59 Å². The van der Waals surface area contributed by atoms with Crippen molar-refractivity contribution in [2.45, 2.75) is 19.9 Å². The van der Waals surface area contributed by atoms with Gasteiger partial charge in [0.25, 0.3) is 5.91 Å². The van der Waals surface area contributed by atoms with Gasteiger partial charge in [-0.1, -0.05) is 41.4 Å². The highest BCUT2D eigenvalue weighted by Gasteiger charge is 2.32. The molecule has 2 aromatic carbocycles. The number of halogens is 1. The van der Waals surface area contributed by atoms with Crippen LogP contribution in [0.4, 0.5) is 0 Å². The highest BCUT2D eigenvalue weighted by Crippen LogP contribution is 2.26. The van der Waals surface area contributed by atoms with E-state index in [1.165, 1.54) is 7.11 Å². The van der Waals surface area contributed by atoms with Crippen LogP contribution in [0.3, 0.4) is 0 Å². The number of piperazine rings is 1. The number of methoxy groups -OCH3 is 1. The molecule has 28 heavy (non-hydrogen) atoms. The van der Waals surface area contributed by atoms with Gasteiger partial charge >= 0.3 is 5.97 Å². The molecule has 1 atom stereocenters. The Morgan fingerprint density at radius 1 is 1.00 bits per heavy atom. The molecular weight excluding hydrogens is 376 g/mol. The summed E-state index contributed by atoms with van der Waals surface area (Å²) in [6.07, 6.45) is 0. The van der Waals surface area contributed by atoms with Gasteiger partial charge in [0.05, 0.1) is 7.11 Å². The second kappa shape index (κ2) is 8.76. The maximum Gasteiger partial charge on any atom is 0.327 e. The molecule has 1 unspecified atom stereocenters. The SMILES string of the molecule is COC(=O)C(c1ccc(Cl)cc1)N1CCN(C(=O)c2ccc(C)cc2C)CC1. The smallest absolute Gasteiger partial charge is 0.327 e. The van der Waals surface area contributed by atoms with Gasteiger partial charge < -0.3 is 9.64 Å². The van der Waals surface area contributed by atoms with Crippen LogP contribution in [0.15, 0.2) is 42.5 Å². The van der Waals surface area contributed by atoms with Crippen LogP contribution >= 0.6 is 11.6 Å². The monoisotopic (exact) mass is 400 g/mol. The van der Waals surface area contributed by atoms with Crippen molar-refractivity contribution in [2.75, 3.05) is 33.3 Å². The fourth-order valence-corrected chi connectivity index (χ4v) is 3.79. The van der Waals surface area contributed by atoms with Crippen LogP contribution in [0, 0.1) is 13.8 Å². The molecule has 148 valence electrons. The van der Waals surface area contributed by atoms with Gasteiger partial charge in [-0.15, -0.1) is 0 Å². The lowest BCUT2D eigenvalue weighted by molar-refractivity contribution is -0.148. The lowest BCUT2D eigenvalue weighted by Crippen LogP contribution is -2.51. The number of esters is 1. The Balaban J connectivity index is 1.72. The van der Waals surface area contributed by atoms with E-state index in [2.05, 4.69) is 4.90 Å². The van der Waals surface area contributed by atoms with Gasteiger partial charge in [0.1, 0.15) is 6.04 Å². The third-order valence-corrected chi connectivity index (χ3v) is 5.44. The van der Waals surface area contributed by atoms with Crippen LogP contribution in [0.5, 0.6) is 0 Å². The molecule has 2 aromatic rings. The zero-order valence-electron chi connectivity index (χ0n) is 16.4. The molecule has 1 aliphatic heterocycles. The van der Waals surface area contributed by atoms with Crippen molar-refractivity contribution < 1.29 is 14.3 Å². The Bertz CT molecular complexity index is 859. The molecule has 1 fully saturated rings. The molecule has 0 saturated carbocycles. The normalized spacial score (nSPS) is 15.9. The molecule has 1 saturated heterocycles. The zero-order chi connectivity index (χ0) is 20.3. The summed E-state index contributed by atoms with van der Waals surface area (Å²) >= 11 is 5.98. The molecule has 0 radical (unpaired) electrons. The quantitative estimate of drug-likeness (QED) is 0.735. The van der Waals surface area contributed by atoms with Gasteiger partial charge in [0, 0.05) is 36.8 Å². The van der Waals surface area contributed by atoms with E-state index >= 15 is 0 Å². The molecule has 0 spiro atoms. The fraction of sp³-hybridized carbons (Fsp3) is 0.364. The lowest BCUT2D eigenvalue weighted by atomic mass is 10.0. The summed E-state index contributed by atoms with van der Waals surface area (Å²) in [5.74, 6) is -0.269. The van der Waals surface area contributed by atoms with Crippen LogP contribution in [-0.4, -0.2) is 55.0 Å². The summed E-state index contributed by atoms with van der Waals surface area (Å²) in [6.45, 7) is 6.30. The van der Waals surface area contributed by atoms with E-state index in [1.807, 2.05) is 49.1 Å². The molecule has 0 aromatic heterocycles. The molecule has 0 N–H and O–H groups in total. The average molecular weight is 401 g/mol. The van der Waals surface area contributed by atoms with Crippen molar-refractivity contribution in [1.82, 2.24) is 9.80 Å². The predicted molar refractivity (Wildman–Crippen MR) is 110 cm³/mol. The Hall–Kier alpha value is -2.37. The van der Waals surface area contributed by atoms with Gasteiger partial charge in [0.15, 0.2) is 0 Å². The summed E-state index contributed by atoms with van der Waals surface area (Å²) in [5, 5.41) is 0.622. The average Bonchev–Trinajstić information content (AvgIpc) is 2.69. The first kappa shape index (κ1) is 20.4. The van der Waals surface area contributed by atoms with Gasteiger partial charge in [-0.3, -0.25) is 9.69 Å². The first-order chi connectivity index (χ1) is 13.4. The summed E-state index contributed by atoms with van der Waals surface area (Å²) < 4.78 is 5.03. The third-order valence-electron chi connectivity index (χ3n) is 5.19. The molecule has 3 rings (SSSR count). The Morgan fingerprint density at radius 3 is 2.21 bits per heavy atom. The minimum Gasteiger partial charge on any atom is -0.468 e. The van der Waals surface area contributed by atoms with Crippen LogP contribution in [0.25, 0.3) is 0 Å². The Labute approximate surface area is 170 Å². The molecule has 0 bridgehead atoms. The molecule has 0 aliphatic carbocycles. The van der Waals surface area contributed by atoms with Gasteiger partial charge in [-0.05, 0) is 43.2 Å². The van der Waals surface area contributed by atoms with Crippen LogP contribution in [0.2, 0.25) is 5.02 Å². The molecule has 1 amide bonds. The van der Waals surface area contributed by atoms with Gasteiger partial charge in [-0.25, -0.2) is 4.79 Å². The van der Waals surface area contributed by atoms with Crippen molar-refractivity contribution >= 4 is 23.5 Å². The highest BCUT2D eigenvalue weighted by atomic mass is 35.5. The maximum absolute atomic E-state index is 12.9. The number of nitrogens with zero attached hydrogens (tertiary/aromatic N) is 2. The van der Waals surface area contributed by atoms with Crippen LogP contribution < -0.4 is 0 Å². The fourth-order valence-electron chi connectivity index (χ4n) is 3.66. The van der Waals surface area contributed by atoms with Gasteiger partial charge in [-0.2, -0.15) is 0 Å². The van der Waals surface area contributed by atoms with Crippen LogP contribution in [0.1, 0.15) is 33.1 Å². The van der Waals surface area contributed by atoms with E-state index in [0.29, 0.717) is 31.2 Å². The molecule has 1 heterocycles.